The third kappa shape index (κ3) is 4.56. The summed E-state index contributed by atoms with van der Waals surface area (Å²) in [6, 6.07) is 8.99. The minimum atomic E-state index is -0.642. The second-order valence-corrected chi connectivity index (χ2v) is 6.87. The quantitative estimate of drug-likeness (QED) is 0.271. The number of carbonyl (C=O) groups excluding carboxylic acids is 2. The topological polar surface area (TPSA) is 74.2 Å². The third-order valence-corrected chi connectivity index (χ3v) is 4.37. The molecule has 0 fully saturated rings. The van der Waals surface area contributed by atoms with Crippen LogP contribution in [0.15, 0.2) is 47.1 Å². The normalized spacial score (nSPS) is 14.6. The van der Waals surface area contributed by atoms with Crippen LogP contribution in [0.2, 0.25) is 0 Å². The number of cyclic esters (lactones) is 1. The summed E-state index contributed by atoms with van der Waals surface area (Å²) < 4.78 is 29.9. The van der Waals surface area contributed by atoms with Crippen molar-refractivity contribution in [2.75, 3.05) is 6.61 Å². The molecule has 0 saturated carbocycles. The van der Waals surface area contributed by atoms with E-state index in [-0.39, 0.29) is 11.6 Å². The molecule has 0 saturated heterocycles. The summed E-state index contributed by atoms with van der Waals surface area (Å²) in [5.74, 6) is -0.838. The second-order valence-electron chi connectivity index (χ2n) is 5.70. The van der Waals surface area contributed by atoms with Gasteiger partial charge < -0.3 is 14.2 Å². The highest BCUT2D eigenvalue weighted by Crippen LogP contribution is 2.35. The van der Waals surface area contributed by atoms with Crippen LogP contribution in [-0.2, 0) is 14.3 Å². The van der Waals surface area contributed by atoms with Crippen molar-refractivity contribution >= 4 is 46.5 Å². The van der Waals surface area contributed by atoms with Crippen molar-refractivity contribution in [3.63, 3.8) is 0 Å². The predicted molar refractivity (Wildman–Crippen MR) is 109 cm³/mol. The molecule has 1 aliphatic rings. The van der Waals surface area contributed by atoms with Crippen LogP contribution in [0.3, 0.4) is 0 Å². The van der Waals surface area contributed by atoms with Gasteiger partial charge in [0, 0.05) is 12.5 Å². The number of halogens is 2. The highest BCUT2D eigenvalue weighted by molar-refractivity contribution is 14.1. The molecule has 6 nitrogen and oxygen atoms in total. The minimum Gasteiger partial charge on any atom is -0.490 e. The largest absolute Gasteiger partial charge is 0.490 e. The molecule has 28 heavy (non-hydrogen) atoms. The standard InChI is InChI=1S/C20H15FINO5/c1-3-26-17-9-12(7-15(22)18(17)27-11(2)24)8-16-20(25)28-19(23-16)13-5-4-6-14(21)10-13/h4-10H,3H2,1-2H3. The molecule has 0 unspecified atom stereocenters. The molecule has 8 heteroatoms. The lowest BCUT2D eigenvalue weighted by Crippen LogP contribution is -2.06. The minimum absolute atomic E-state index is 0.0343. The molecule has 144 valence electrons. The molecule has 1 heterocycles. The summed E-state index contributed by atoms with van der Waals surface area (Å²) in [7, 11) is 0. The molecule has 0 radical (unpaired) electrons. The van der Waals surface area contributed by atoms with Crippen LogP contribution in [-0.4, -0.2) is 24.4 Å². The van der Waals surface area contributed by atoms with Gasteiger partial charge in [0.05, 0.1) is 10.2 Å². The maximum atomic E-state index is 13.4. The van der Waals surface area contributed by atoms with Crippen molar-refractivity contribution in [2.45, 2.75) is 13.8 Å². The molecule has 0 bridgehead atoms. The van der Waals surface area contributed by atoms with Crippen molar-refractivity contribution in [1.29, 1.82) is 0 Å². The van der Waals surface area contributed by atoms with Gasteiger partial charge in [-0.05, 0) is 71.5 Å². The zero-order valence-electron chi connectivity index (χ0n) is 15.0. The number of benzene rings is 2. The average Bonchev–Trinajstić information content (AvgIpc) is 2.99. The van der Waals surface area contributed by atoms with Gasteiger partial charge in [0.2, 0.25) is 5.90 Å². The lowest BCUT2D eigenvalue weighted by Gasteiger charge is -2.12. The van der Waals surface area contributed by atoms with Gasteiger partial charge in [-0.25, -0.2) is 14.2 Å². The molecule has 2 aromatic rings. The zero-order valence-corrected chi connectivity index (χ0v) is 17.2. The van der Waals surface area contributed by atoms with E-state index in [9.17, 15) is 14.0 Å². The summed E-state index contributed by atoms with van der Waals surface area (Å²) in [4.78, 5) is 27.6. The first-order valence-corrected chi connectivity index (χ1v) is 9.38. The molecule has 0 aromatic heterocycles. The summed E-state index contributed by atoms with van der Waals surface area (Å²) >= 11 is 2.01. The van der Waals surface area contributed by atoms with Crippen molar-refractivity contribution in [3.8, 4) is 11.5 Å². The highest BCUT2D eigenvalue weighted by Gasteiger charge is 2.25. The Balaban J connectivity index is 1.98. The Kier molecular flexibility index (Phi) is 6.08. The number of hydrogen-bond acceptors (Lipinski definition) is 6. The van der Waals surface area contributed by atoms with Crippen LogP contribution in [0, 0.1) is 9.39 Å². The van der Waals surface area contributed by atoms with Gasteiger partial charge in [-0.1, -0.05) is 6.07 Å². The highest BCUT2D eigenvalue weighted by atomic mass is 127. The van der Waals surface area contributed by atoms with Gasteiger partial charge >= 0.3 is 11.9 Å². The van der Waals surface area contributed by atoms with Crippen molar-refractivity contribution < 1.29 is 28.2 Å². The zero-order chi connectivity index (χ0) is 20.3. The first kappa shape index (κ1) is 20.0. The number of esters is 2. The van der Waals surface area contributed by atoms with Crippen LogP contribution < -0.4 is 9.47 Å². The van der Waals surface area contributed by atoms with Crippen LogP contribution in [0.4, 0.5) is 4.39 Å². The summed E-state index contributed by atoms with van der Waals surface area (Å²) in [6.07, 6.45) is 1.52. The first-order chi connectivity index (χ1) is 13.4. The van der Waals surface area contributed by atoms with E-state index in [1.54, 1.807) is 25.1 Å². The molecule has 0 amide bonds. The fraction of sp³-hybridized carbons (Fsp3) is 0.150. The van der Waals surface area contributed by atoms with Gasteiger partial charge in [-0.2, -0.15) is 0 Å². The lowest BCUT2D eigenvalue weighted by molar-refractivity contribution is -0.132. The number of aliphatic imine (C=N–C) groups is 1. The van der Waals surface area contributed by atoms with E-state index in [0.717, 1.165) is 0 Å². The van der Waals surface area contributed by atoms with E-state index in [1.165, 1.54) is 31.2 Å². The average molecular weight is 495 g/mol. The van der Waals surface area contributed by atoms with Crippen LogP contribution >= 0.6 is 22.6 Å². The monoisotopic (exact) mass is 495 g/mol. The Labute approximate surface area is 174 Å². The van der Waals surface area contributed by atoms with Crippen LogP contribution in [0.25, 0.3) is 6.08 Å². The number of carbonyl (C=O) groups is 2. The number of nitrogens with zero attached hydrogens (tertiary/aromatic N) is 1. The second kappa shape index (κ2) is 8.51. The van der Waals surface area contributed by atoms with Crippen molar-refractivity contribution in [3.05, 3.63) is 62.6 Å². The molecular weight excluding hydrogens is 480 g/mol. The van der Waals surface area contributed by atoms with Gasteiger partial charge in [-0.15, -0.1) is 0 Å². The van der Waals surface area contributed by atoms with Crippen LogP contribution in [0.5, 0.6) is 11.5 Å². The van der Waals surface area contributed by atoms with E-state index in [4.69, 9.17) is 14.2 Å². The SMILES string of the molecule is CCOc1cc(C=C2N=C(c3cccc(F)c3)OC2=O)cc(I)c1OC(C)=O. The van der Waals surface area contributed by atoms with Gasteiger partial charge in [0.1, 0.15) is 5.82 Å². The predicted octanol–water partition coefficient (Wildman–Crippen LogP) is 4.10. The Bertz CT molecular complexity index is 1020. The molecular formula is C20H15FINO5. The van der Waals surface area contributed by atoms with Gasteiger partial charge in [-0.3, -0.25) is 4.79 Å². The Morgan fingerprint density at radius 1 is 1.32 bits per heavy atom. The molecule has 3 rings (SSSR count). The van der Waals surface area contributed by atoms with Gasteiger partial charge in [0.25, 0.3) is 0 Å². The van der Waals surface area contributed by atoms with Gasteiger partial charge in [0.15, 0.2) is 17.2 Å². The van der Waals surface area contributed by atoms with E-state index in [1.807, 2.05) is 22.6 Å². The summed E-state index contributed by atoms with van der Waals surface area (Å²) in [5, 5.41) is 0. The number of hydrogen-bond donors (Lipinski definition) is 0. The van der Waals surface area contributed by atoms with E-state index in [2.05, 4.69) is 4.99 Å². The molecule has 0 aliphatic carbocycles. The number of ether oxygens (including phenoxy) is 3. The first-order valence-electron chi connectivity index (χ1n) is 8.30. The lowest BCUT2D eigenvalue weighted by atomic mass is 10.1. The Morgan fingerprint density at radius 3 is 2.79 bits per heavy atom. The Hall–Kier alpha value is -2.75. The molecule has 1 aliphatic heterocycles. The summed E-state index contributed by atoms with van der Waals surface area (Å²) in [5.41, 5.74) is 1.05. The maximum absolute atomic E-state index is 13.4. The fourth-order valence-electron chi connectivity index (χ4n) is 2.49. The van der Waals surface area contributed by atoms with Crippen molar-refractivity contribution in [1.82, 2.24) is 0 Å². The molecule has 0 atom stereocenters. The Morgan fingerprint density at radius 2 is 2.11 bits per heavy atom. The third-order valence-electron chi connectivity index (χ3n) is 3.57. The molecule has 0 N–H and O–H groups in total. The van der Waals surface area contributed by atoms with Crippen molar-refractivity contribution in [2.24, 2.45) is 4.99 Å². The molecule has 0 spiro atoms. The number of rotatable bonds is 5. The van der Waals surface area contributed by atoms with Crippen LogP contribution in [0.1, 0.15) is 25.0 Å². The molecule has 2 aromatic carbocycles. The van der Waals surface area contributed by atoms with E-state index in [0.29, 0.717) is 32.8 Å². The van der Waals surface area contributed by atoms with E-state index < -0.39 is 17.8 Å². The smallest absolute Gasteiger partial charge is 0.363 e. The van der Waals surface area contributed by atoms with E-state index >= 15 is 0 Å². The maximum Gasteiger partial charge on any atom is 0.363 e. The fourth-order valence-corrected chi connectivity index (χ4v) is 3.22. The summed E-state index contributed by atoms with van der Waals surface area (Å²) in [6.45, 7) is 3.48.